The Balaban J connectivity index is 1.85. The van der Waals surface area contributed by atoms with E-state index in [-0.39, 0.29) is 12.5 Å². The van der Waals surface area contributed by atoms with E-state index in [4.69, 9.17) is 5.11 Å². The third kappa shape index (κ3) is 4.57. The number of amides is 1. The molecular weight excluding hydrogens is 262 g/mol. The third-order valence-electron chi connectivity index (χ3n) is 4.45. The summed E-state index contributed by atoms with van der Waals surface area (Å²) in [7, 11) is 0. The molecule has 1 saturated carbocycles. The van der Waals surface area contributed by atoms with Crippen LogP contribution in [0.3, 0.4) is 0 Å². The first-order valence-corrected chi connectivity index (χ1v) is 8.22. The van der Waals surface area contributed by atoms with Gasteiger partial charge in [-0.15, -0.1) is 0 Å². The van der Waals surface area contributed by atoms with E-state index in [1.165, 1.54) is 17.5 Å². The van der Waals surface area contributed by atoms with Gasteiger partial charge in [0.05, 0.1) is 0 Å². The molecule has 0 unspecified atom stereocenters. The lowest BCUT2D eigenvalue weighted by Gasteiger charge is -2.37. The Hall–Kier alpha value is -1.35. The van der Waals surface area contributed by atoms with Gasteiger partial charge in [0.15, 0.2) is 0 Å². The molecule has 1 aromatic rings. The molecule has 0 spiro atoms. The summed E-state index contributed by atoms with van der Waals surface area (Å²) in [6, 6.07) is 8.98. The summed E-state index contributed by atoms with van der Waals surface area (Å²) < 4.78 is 0. The van der Waals surface area contributed by atoms with Crippen molar-refractivity contribution >= 4 is 5.91 Å². The van der Waals surface area contributed by atoms with Gasteiger partial charge in [-0.3, -0.25) is 4.79 Å². The van der Waals surface area contributed by atoms with E-state index in [1.54, 1.807) is 0 Å². The lowest BCUT2D eigenvalue weighted by Crippen LogP contribution is -2.45. The number of aliphatic hydroxyl groups excluding tert-OH is 1. The molecule has 1 aromatic carbocycles. The molecule has 3 heteroatoms. The van der Waals surface area contributed by atoms with Gasteiger partial charge in [-0.1, -0.05) is 31.2 Å². The van der Waals surface area contributed by atoms with Crippen LogP contribution in [0.2, 0.25) is 0 Å². The van der Waals surface area contributed by atoms with Crippen LogP contribution in [0.4, 0.5) is 0 Å². The molecule has 21 heavy (non-hydrogen) atoms. The first-order valence-electron chi connectivity index (χ1n) is 8.22. The average Bonchev–Trinajstić information content (AvgIpc) is 2.47. The zero-order chi connectivity index (χ0) is 15.1. The van der Waals surface area contributed by atoms with E-state index in [1.807, 2.05) is 4.90 Å². The summed E-state index contributed by atoms with van der Waals surface area (Å²) in [6.07, 6.45) is 6.61. The minimum absolute atomic E-state index is 0.162. The lowest BCUT2D eigenvalue weighted by molar-refractivity contribution is -0.135. The Kier molecular flexibility index (Phi) is 6.24. The molecule has 0 aromatic heterocycles. The molecule has 1 amide bonds. The summed E-state index contributed by atoms with van der Waals surface area (Å²) in [6.45, 7) is 3.01. The van der Waals surface area contributed by atoms with E-state index in [2.05, 4.69) is 31.2 Å². The van der Waals surface area contributed by atoms with Gasteiger partial charge in [0.2, 0.25) is 5.91 Å². The minimum atomic E-state index is 0.162. The maximum Gasteiger partial charge on any atom is 0.223 e. The van der Waals surface area contributed by atoms with Gasteiger partial charge in [-0.05, 0) is 49.7 Å². The molecule has 0 atom stereocenters. The Morgan fingerprint density at radius 3 is 2.43 bits per heavy atom. The number of rotatable bonds is 8. The van der Waals surface area contributed by atoms with E-state index in [9.17, 15) is 4.79 Å². The van der Waals surface area contributed by atoms with Crippen LogP contribution in [0.1, 0.15) is 50.2 Å². The molecule has 2 rings (SSSR count). The van der Waals surface area contributed by atoms with Crippen LogP contribution in [0.25, 0.3) is 0 Å². The van der Waals surface area contributed by atoms with Crippen LogP contribution < -0.4 is 0 Å². The normalized spacial score (nSPS) is 14.8. The molecule has 0 aliphatic heterocycles. The average molecular weight is 289 g/mol. The number of hydrogen-bond donors (Lipinski definition) is 1. The van der Waals surface area contributed by atoms with Crippen LogP contribution in [-0.2, 0) is 17.6 Å². The number of nitrogens with zero attached hydrogens (tertiary/aromatic N) is 1. The van der Waals surface area contributed by atoms with Crippen LogP contribution in [-0.4, -0.2) is 35.1 Å². The molecular formula is C18H27NO2. The molecule has 1 fully saturated rings. The number of carbonyl (C=O) groups excluding carboxylic acids is 1. The first kappa shape index (κ1) is 16.0. The van der Waals surface area contributed by atoms with Crippen molar-refractivity contribution in [2.24, 2.45) is 0 Å². The molecule has 3 nitrogen and oxygen atoms in total. The topological polar surface area (TPSA) is 40.5 Å². The first-order chi connectivity index (χ1) is 10.2. The van der Waals surface area contributed by atoms with Gasteiger partial charge < -0.3 is 10.0 Å². The largest absolute Gasteiger partial charge is 0.396 e. The van der Waals surface area contributed by atoms with Gasteiger partial charge in [0, 0.05) is 25.6 Å². The molecule has 0 bridgehead atoms. The fourth-order valence-corrected chi connectivity index (χ4v) is 2.79. The van der Waals surface area contributed by atoms with Crippen LogP contribution in [0.5, 0.6) is 0 Å². The Morgan fingerprint density at radius 2 is 1.90 bits per heavy atom. The van der Waals surface area contributed by atoms with Gasteiger partial charge in [0.1, 0.15) is 0 Å². The second kappa shape index (κ2) is 8.18. The van der Waals surface area contributed by atoms with Crippen LogP contribution in [0, 0.1) is 0 Å². The predicted octanol–water partition coefficient (Wildman–Crippen LogP) is 2.95. The zero-order valence-corrected chi connectivity index (χ0v) is 13.1. The molecule has 0 heterocycles. The number of carbonyl (C=O) groups is 1. The highest BCUT2D eigenvalue weighted by molar-refractivity contribution is 5.77. The van der Waals surface area contributed by atoms with Crippen molar-refractivity contribution in [3.05, 3.63) is 35.4 Å². The van der Waals surface area contributed by atoms with Gasteiger partial charge in [0.25, 0.3) is 0 Å². The second-order valence-electron chi connectivity index (χ2n) is 5.92. The van der Waals surface area contributed by atoms with Crippen molar-refractivity contribution in [3.8, 4) is 0 Å². The standard InChI is InChI=1S/C18H27NO2/c1-2-15-7-9-16(10-8-15)11-12-18(21)19(13-4-14-20)17-5-3-6-17/h7-10,17,20H,2-6,11-14H2,1H3. The summed E-state index contributed by atoms with van der Waals surface area (Å²) in [5, 5.41) is 8.99. The maximum absolute atomic E-state index is 12.4. The summed E-state index contributed by atoms with van der Waals surface area (Å²) in [5.41, 5.74) is 2.57. The quantitative estimate of drug-likeness (QED) is 0.799. The number of aryl methyl sites for hydroxylation is 2. The van der Waals surface area contributed by atoms with Gasteiger partial charge >= 0.3 is 0 Å². The summed E-state index contributed by atoms with van der Waals surface area (Å²) in [4.78, 5) is 14.4. The molecule has 1 aliphatic carbocycles. The second-order valence-corrected chi connectivity index (χ2v) is 5.92. The SMILES string of the molecule is CCc1ccc(CCC(=O)N(CCCO)C2CCC2)cc1. The van der Waals surface area contributed by atoms with Crippen molar-refractivity contribution < 1.29 is 9.90 Å². The van der Waals surface area contributed by atoms with E-state index in [0.717, 1.165) is 25.7 Å². The Bertz CT molecular complexity index is 437. The minimum Gasteiger partial charge on any atom is -0.396 e. The van der Waals surface area contributed by atoms with Crippen molar-refractivity contribution in [1.82, 2.24) is 4.90 Å². The van der Waals surface area contributed by atoms with Crippen molar-refractivity contribution in [2.45, 2.75) is 57.9 Å². The Labute approximate surface area is 128 Å². The molecule has 0 saturated heterocycles. The van der Waals surface area contributed by atoms with Crippen LogP contribution >= 0.6 is 0 Å². The molecule has 1 N–H and O–H groups in total. The summed E-state index contributed by atoms with van der Waals surface area (Å²) >= 11 is 0. The van der Waals surface area contributed by atoms with E-state index < -0.39 is 0 Å². The third-order valence-corrected chi connectivity index (χ3v) is 4.45. The van der Waals surface area contributed by atoms with Gasteiger partial charge in [-0.2, -0.15) is 0 Å². The monoisotopic (exact) mass is 289 g/mol. The zero-order valence-electron chi connectivity index (χ0n) is 13.1. The highest BCUT2D eigenvalue weighted by Gasteiger charge is 2.27. The number of aliphatic hydroxyl groups is 1. The van der Waals surface area contributed by atoms with Crippen molar-refractivity contribution in [1.29, 1.82) is 0 Å². The van der Waals surface area contributed by atoms with Crippen molar-refractivity contribution in [2.75, 3.05) is 13.2 Å². The summed E-state index contributed by atoms with van der Waals surface area (Å²) in [5.74, 6) is 0.243. The highest BCUT2D eigenvalue weighted by atomic mass is 16.3. The fourth-order valence-electron chi connectivity index (χ4n) is 2.79. The van der Waals surface area contributed by atoms with E-state index in [0.29, 0.717) is 25.4 Å². The predicted molar refractivity (Wildman–Crippen MR) is 85.2 cm³/mol. The van der Waals surface area contributed by atoms with Gasteiger partial charge in [-0.25, -0.2) is 0 Å². The van der Waals surface area contributed by atoms with Crippen LogP contribution in [0.15, 0.2) is 24.3 Å². The smallest absolute Gasteiger partial charge is 0.223 e. The lowest BCUT2D eigenvalue weighted by atomic mass is 9.91. The number of benzene rings is 1. The fraction of sp³-hybridized carbons (Fsp3) is 0.611. The highest BCUT2D eigenvalue weighted by Crippen LogP contribution is 2.25. The molecule has 0 radical (unpaired) electrons. The number of hydrogen-bond acceptors (Lipinski definition) is 2. The molecule has 1 aliphatic rings. The van der Waals surface area contributed by atoms with E-state index >= 15 is 0 Å². The molecule has 116 valence electrons. The Morgan fingerprint density at radius 1 is 1.24 bits per heavy atom. The van der Waals surface area contributed by atoms with Crippen molar-refractivity contribution in [3.63, 3.8) is 0 Å². The maximum atomic E-state index is 12.4.